The highest BCUT2D eigenvalue weighted by molar-refractivity contribution is 6.30. The van der Waals surface area contributed by atoms with Gasteiger partial charge in [0.25, 0.3) is 0 Å². The molecule has 0 aliphatic carbocycles. The molecular weight excluding hydrogens is 232 g/mol. The van der Waals surface area contributed by atoms with Crippen LogP contribution in [0.15, 0.2) is 60.7 Å². The summed E-state index contributed by atoms with van der Waals surface area (Å²) in [4.78, 5) is 11.8. The van der Waals surface area contributed by atoms with E-state index < -0.39 is 0 Å². The third-order valence-corrected chi connectivity index (χ3v) is 2.61. The fourth-order valence-corrected chi connectivity index (χ4v) is 1.57. The summed E-state index contributed by atoms with van der Waals surface area (Å²) in [6.45, 7) is 0. The van der Waals surface area contributed by atoms with Crippen molar-refractivity contribution in [1.29, 1.82) is 0 Å². The van der Waals surface area contributed by atoms with Crippen LogP contribution in [0.5, 0.6) is 0 Å². The molecule has 2 heteroatoms. The largest absolute Gasteiger partial charge is 0.289 e. The highest BCUT2D eigenvalue weighted by Crippen LogP contribution is 2.11. The van der Waals surface area contributed by atoms with E-state index >= 15 is 0 Å². The van der Waals surface area contributed by atoms with E-state index in [1.54, 1.807) is 36.4 Å². The van der Waals surface area contributed by atoms with Gasteiger partial charge in [0.1, 0.15) is 0 Å². The molecule has 0 saturated heterocycles. The number of hydrogen-bond acceptors (Lipinski definition) is 1. The summed E-state index contributed by atoms with van der Waals surface area (Å²) in [6.07, 6.45) is 3.37. The molecule has 2 rings (SSSR count). The fourth-order valence-electron chi connectivity index (χ4n) is 1.45. The van der Waals surface area contributed by atoms with Crippen molar-refractivity contribution in [2.24, 2.45) is 0 Å². The number of allylic oxidation sites excluding steroid dienone is 1. The van der Waals surface area contributed by atoms with Gasteiger partial charge in [-0.1, -0.05) is 48.0 Å². The van der Waals surface area contributed by atoms with E-state index in [1.165, 1.54) is 0 Å². The van der Waals surface area contributed by atoms with Gasteiger partial charge in [0.15, 0.2) is 5.78 Å². The normalized spacial score (nSPS) is 10.6. The van der Waals surface area contributed by atoms with Gasteiger partial charge in [-0.05, 0) is 35.9 Å². The molecule has 0 saturated carbocycles. The van der Waals surface area contributed by atoms with Crippen molar-refractivity contribution in [2.75, 3.05) is 0 Å². The number of rotatable bonds is 3. The Morgan fingerprint density at radius 2 is 1.59 bits per heavy atom. The van der Waals surface area contributed by atoms with E-state index in [9.17, 15) is 4.79 Å². The number of benzene rings is 2. The van der Waals surface area contributed by atoms with Crippen LogP contribution in [0.3, 0.4) is 0 Å². The molecular formula is C15H11ClO. The van der Waals surface area contributed by atoms with Crippen LogP contribution in [0.25, 0.3) is 6.08 Å². The first-order valence-electron chi connectivity index (χ1n) is 5.29. The minimum absolute atomic E-state index is 0.0227. The van der Waals surface area contributed by atoms with Gasteiger partial charge in [-0.2, -0.15) is 0 Å². The summed E-state index contributed by atoms with van der Waals surface area (Å²) in [7, 11) is 0. The second-order valence-corrected chi connectivity index (χ2v) is 4.05. The predicted molar refractivity (Wildman–Crippen MR) is 71.3 cm³/mol. The highest BCUT2D eigenvalue weighted by atomic mass is 35.5. The SMILES string of the molecule is O=C(/C=C\c1ccccc1)c1ccc(Cl)cc1. The van der Waals surface area contributed by atoms with Crippen molar-refractivity contribution in [1.82, 2.24) is 0 Å². The van der Waals surface area contributed by atoms with Crippen LogP contribution in [0.2, 0.25) is 5.02 Å². The van der Waals surface area contributed by atoms with Crippen LogP contribution in [0, 0.1) is 0 Å². The first kappa shape index (κ1) is 11.6. The van der Waals surface area contributed by atoms with Crippen LogP contribution in [0.4, 0.5) is 0 Å². The number of carbonyl (C=O) groups is 1. The summed E-state index contributed by atoms with van der Waals surface area (Å²) in [5.74, 6) is -0.0227. The standard InChI is InChI=1S/C15H11ClO/c16-14-9-7-13(8-10-14)15(17)11-6-12-4-2-1-3-5-12/h1-11H/b11-6-. The van der Waals surface area contributed by atoms with Crippen LogP contribution >= 0.6 is 11.6 Å². The molecule has 0 spiro atoms. The average molecular weight is 243 g/mol. The van der Waals surface area contributed by atoms with E-state index in [4.69, 9.17) is 11.6 Å². The van der Waals surface area contributed by atoms with Crippen molar-refractivity contribution in [3.63, 3.8) is 0 Å². The second-order valence-electron chi connectivity index (χ2n) is 3.62. The van der Waals surface area contributed by atoms with Gasteiger partial charge >= 0.3 is 0 Å². The molecule has 1 nitrogen and oxygen atoms in total. The molecule has 84 valence electrons. The molecule has 17 heavy (non-hydrogen) atoms. The zero-order valence-electron chi connectivity index (χ0n) is 9.14. The Bertz CT molecular complexity index is 527. The predicted octanol–water partition coefficient (Wildman–Crippen LogP) is 4.24. The van der Waals surface area contributed by atoms with Gasteiger partial charge in [0.05, 0.1) is 0 Å². The van der Waals surface area contributed by atoms with Crippen molar-refractivity contribution in [3.8, 4) is 0 Å². The van der Waals surface area contributed by atoms with Gasteiger partial charge in [0.2, 0.25) is 0 Å². The first-order chi connectivity index (χ1) is 8.25. The van der Waals surface area contributed by atoms with Crippen molar-refractivity contribution >= 4 is 23.5 Å². The van der Waals surface area contributed by atoms with Crippen LogP contribution in [0.1, 0.15) is 15.9 Å². The Morgan fingerprint density at radius 3 is 2.24 bits per heavy atom. The third kappa shape index (κ3) is 3.30. The zero-order valence-corrected chi connectivity index (χ0v) is 9.89. The third-order valence-electron chi connectivity index (χ3n) is 2.36. The summed E-state index contributed by atoms with van der Waals surface area (Å²) >= 11 is 5.76. The smallest absolute Gasteiger partial charge is 0.185 e. The Balaban J connectivity index is 2.12. The number of halogens is 1. The number of ketones is 1. The molecule has 0 N–H and O–H groups in total. The fraction of sp³-hybridized carbons (Fsp3) is 0. The molecule has 0 aliphatic rings. The van der Waals surface area contributed by atoms with Gasteiger partial charge in [-0.25, -0.2) is 0 Å². The molecule has 0 fully saturated rings. The molecule has 0 radical (unpaired) electrons. The van der Waals surface area contributed by atoms with Gasteiger partial charge in [-0.15, -0.1) is 0 Å². The quantitative estimate of drug-likeness (QED) is 0.581. The lowest BCUT2D eigenvalue weighted by molar-refractivity contribution is 0.104. The average Bonchev–Trinajstić information content (AvgIpc) is 2.38. The maximum Gasteiger partial charge on any atom is 0.185 e. The van der Waals surface area contributed by atoms with Crippen LogP contribution in [-0.2, 0) is 0 Å². The molecule has 0 unspecified atom stereocenters. The number of carbonyl (C=O) groups excluding carboxylic acids is 1. The summed E-state index contributed by atoms with van der Waals surface area (Å²) in [6, 6.07) is 16.6. The topological polar surface area (TPSA) is 17.1 Å². The molecule has 0 heterocycles. The van der Waals surface area contributed by atoms with E-state index in [0.29, 0.717) is 10.6 Å². The van der Waals surface area contributed by atoms with E-state index in [1.807, 2.05) is 30.3 Å². The minimum atomic E-state index is -0.0227. The summed E-state index contributed by atoms with van der Waals surface area (Å²) in [5.41, 5.74) is 1.65. The second kappa shape index (κ2) is 5.46. The zero-order chi connectivity index (χ0) is 12.1. The molecule has 2 aromatic carbocycles. The van der Waals surface area contributed by atoms with E-state index in [0.717, 1.165) is 5.56 Å². The minimum Gasteiger partial charge on any atom is -0.289 e. The molecule has 2 aromatic rings. The Hall–Kier alpha value is -1.86. The van der Waals surface area contributed by atoms with Gasteiger partial charge in [-0.3, -0.25) is 4.79 Å². The Kier molecular flexibility index (Phi) is 3.73. The lowest BCUT2D eigenvalue weighted by Crippen LogP contribution is -1.92. The lowest BCUT2D eigenvalue weighted by atomic mass is 10.1. The van der Waals surface area contributed by atoms with Gasteiger partial charge < -0.3 is 0 Å². The van der Waals surface area contributed by atoms with Crippen molar-refractivity contribution in [2.45, 2.75) is 0 Å². The van der Waals surface area contributed by atoms with Gasteiger partial charge in [0, 0.05) is 10.6 Å². The molecule has 0 atom stereocenters. The molecule has 0 amide bonds. The van der Waals surface area contributed by atoms with E-state index in [-0.39, 0.29) is 5.78 Å². The molecule has 0 aromatic heterocycles. The maximum absolute atomic E-state index is 11.8. The van der Waals surface area contributed by atoms with Crippen molar-refractivity contribution < 1.29 is 4.79 Å². The molecule has 0 bridgehead atoms. The van der Waals surface area contributed by atoms with E-state index in [2.05, 4.69) is 0 Å². The lowest BCUT2D eigenvalue weighted by Gasteiger charge is -1.96. The summed E-state index contributed by atoms with van der Waals surface area (Å²) < 4.78 is 0. The monoisotopic (exact) mass is 242 g/mol. The number of hydrogen-bond donors (Lipinski definition) is 0. The van der Waals surface area contributed by atoms with Crippen LogP contribution in [-0.4, -0.2) is 5.78 Å². The first-order valence-corrected chi connectivity index (χ1v) is 5.66. The molecule has 0 aliphatic heterocycles. The Labute approximate surface area is 105 Å². The van der Waals surface area contributed by atoms with Crippen molar-refractivity contribution in [3.05, 3.63) is 76.8 Å². The van der Waals surface area contributed by atoms with Crippen LogP contribution < -0.4 is 0 Å². The Morgan fingerprint density at radius 1 is 0.941 bits per heavy atom. The maximum atomic E-state index is 11.8. The highest BCUT2D eigenvalue weighted by Gasteiger charge is 2.00. The summed E-state index contributed by atoms with van der Waals surface area (Å²) in [5, 5.41) is 0.633.